The van der Waals surface area contributed by atoms with E-state index in [0.717, 1.165) is 25.9 Å². The van der Waals surface area contributed by atoms with E-state index in [9.17, 15) is 14.7 Å². The van der Waals surface area contributed by atoms with Crippen LogP contribution < -0.4 is 0 Å². The number of amides is 1. The van der Waals surface area contributed by atoms with Crippen molar-refractivity contribution in [1.82, 2.24) is 9.80 Å². The largest absolute Gasteiger partial charge is 0.481 e. The smallest absolute Gasteiger partial charge is 0.310 e. The predicted molar refractivity (Wildman–Crippen MR) is 81.1 cm³/mol. The highest BCUT2D eigenvalue weighted by Gasteiger charge is 2.45. The summed E-state index contributed by atoms with van der Waals surface area (Å²) in [6, 6.07) is -0.198. The van der Waals surface area contributed by atoms with Gasteiger partial charge in [-0.2, -0.15) is 0 Å². The number of hydrogen-bond acceptors (Lipinski definition) is 3. The number of hydrogen-bond donors (Lipinski definition) is 1. The van der Waals surface area contributed by atoms with Crippen molar-refractivity contribution in [2.24, 2.45) is 5.41 Å². The molecule has 1 amide bonds. The van der Waals surface area contributed by atoms with Crippen LogP contribution in [0.1, 0.15) is 52.4 Å². The topological polar surface area (TPSA) is 60.9 Å². The third-order valence-electron chi connectivity index (χ3n) is 5.34. The normalized spacial score (nSPS) is 29.1. The van der Waals surface area contributed by atoms with Gasteiger partial charge in [-0.25, -0.2) is 0 Å². The Kier molecular flexibility index (Phi) is 5.25. The van der Waals surface area contributed by atoms with Gasteiger partial charge in [0.15, 0.2) is 0 Å². The molecule has 0 aromatic heterocycles. The zero-order chi connectivity index (χ0) is 15.5. The summed E-state index contributed by atoms with van der Waals surface area (Å²) in [5.74, 6) is -0.545. The molecule has 0 radical (unpaired) electrons. The molecule has 2 unspecified atom stereocenters. The van der Waals surface area contributed by atoms with Crippen LogP contribution in [0.25, 0.3) is 0 Å². The van der Waals surface area contributed by atoms with Crippen LogP contribution in [0, 0.1) is 5.41 Å². The highest BCUT2D eigenvalue weighted by molar-refractivity contribution is 5.82. The summed E-state index contributed by atoms with van der Waals surface area (Å²) < 4.78 is 0. The molecule has 2 aliphatic heterocycles. The van der Waals surface area contributed by atoms with Crippen LogP contribution in [0.3, 0.4) is 0 Å². The number of carbonyl (C=O) groups is 2. The average Bonchev–Trinajstić information content (AvgIpc) is 2.75. The minimum Gasteiger partial charge on any atom is -0.481 e. The second-order valence-corrected chi connectivity index (χ2v) is 6.57. The zero-order valence-corrected chi connectivity index (χ0v) is 13.3. The number of rotatable bonds is 4. The van der Waals surface area contributed by atoms with Gasteiger partial charge in [0, 0.05) is 26.2 Å². The van der Waals surface area contributed by atoms with E-state index in [1.54, 1.807) is 0 Å². The van der Waals surface area contributed by atoms with Crippen molar-refractivity contribution < 1.29 is 14.7 Å². The quantitative estimate of drug-likeness (QED) is 0.861. The lowest BCUT2D eigenvalue weighted by Crippen LogP contribution is -2.47. The maximum atomic E-state index is 12.6. The van der Waals surface area contributed by atoms with Crippen LogP contribution in [0.2, 0.25) is 0 Å². The molecule has 2 atom stereocenters. The molecule has 0 spiro atoms. The standard InChI is InChI=1S/C16H28N2O3/c1-3-16(15(20)21)8-11-18(12-16)13(2)14(19)17-9-6-4-5-7-10-17/h13H,3-12H2,1-2H3,(H,20,21). The first-order chi connectivity index (χ1) is 10.00. The van der Waals surface area contributed by atoms with Crippen molar-refractivity contribution in [1.29, 1.82) is 0 Å². The Balaban J connectivity index is 1.98. The molecule has 21 heavy (non-hydrogen) atoms. The van der Waals surface area contributed by atoms with Crippen molar-refractivity contribution in [3.05, 3.63) is 0 Å². The van der Waals surface area contributed by atoms with Gasteiger partial charge in [-0.1, -0.05) is 19.8 Å². The van der Waals surface area contributed by atoms with Crippen molar-refractivity contribution in [3.8, 4) is 0 Å². The van der Waals surface area contributed by atoms with Gasteiger partial charge in [0.25, 0.3) is 0 Å². The van der Waals surface area contributed by atoms with Crippen LogP contribution in [-0.2, 0) is 9.59 Å². The summed E-state index contributed by atoms with van der Waals surface area (Å²) in [5, 5.41) is 9.47. The van der Waals surface area contributed by atoms with Crippen molar-refractivity contribution >= 4 is 11.9 Å². The van der Waals surface area contributed by atoms with E-state index in [1.165, 1.54) is 12.8 Å². The third kappa shape index (κ3) is 3.39. The Hall–Kier alpha value is -1.10. The molecule has 0 aromatic carbocycles. The lowest BCUT2D eigenvalue weighted by Gasteiger charge is -2.31. The predicted octanol–water partition coefficient (Wildman–Crippen LogP) is 1.96. The van der Waals surface area contributed by atoms with Gasteiger partial charge in [0.1, 0.15) is 0 Å². The summed E-state index contributed by atoms with van der Waals surface area (Å²) in [5.41, 5.74) is -0.659. The number of likely N-dealkylation sites (tertiary alicyclic amines) is 2. The minimum atomic E-state index is -0.720. The number of carboxylic acids is 1. The zero-order valence-electron chi connectivity index (χ0n) is 13.3. The molecule has 5 nitrogen and oxygen atoms in total. The summed E-state index contributed by atoms with van der Waals surface area (Å²) >= 11 is 0. The molecule has 120 valence electrons. The van der Waals surface area contributed by atoms with E-state index < -0.39 is 11.4 Å². The van der Waals surface area contributed by atoms with Crippen molar-refractivity contribution in [2.75, 3.05) is 26.2 Å². The molecule has 2 saturated heterocycles. The fraction of sp³-hybridized carbons (Fsp3) is 0.875. The molecule has 2 heterocycles. The highest BCUT2D eigenvalue weighted by Crippen LogP contribution is 2.35. The van der Waals surface area contributed by atoms with Gasteiger partial charge in [-0.05, 0) is 32.6 Å². The maximum absolute atomic E-state index is 12.6. The van der Waals surface area contributed by atoms with Crippen LogP contribution >= 0.6 is 0 Å². The number of nitrogens with zero attached hydrogens (tertiary/aromatic N) is 2. The molecule has 1 N–H and O–H groups in total. The van der Waals surface area contributed by atoms with Gasteiger partial charge >= 0.3 is 5.97 Å². The van der Waals surface area contributed by atoms with Crippen molar-refractivity contribution in [2.45, 2.75) is 58.4 Å². The average molecular weight is 296 g/mol. The third-order valence-corrected chi connectivity index (χ3v) is 5.34. The first kappa shape index (κ1) is 16.3. The van der Waals surface area contributed by atoms with E-state index in [0.29, 0.717) is 25.9 Å². The lowest BCUT2D eigenvalue weighted by atomic mass is 9.84. The van der Waals surface area contributed by atoms with Crippen LogP contribution in [-0.4, -0.2) is 59.0 Å². The molecule has 0 saturated carbocycles. The van der Waals surface area contributed by atoms with E-state index in [-0.39, 0.29) is 11.9 Å². The Morgan fingerprint density at radius 3 is 2.24 bits per heavy atom. The molecule has 0 aliphatic carbocycles. The number of carbonyl (C=O) groups excluding carboxylic acids is 1. The fourth-order valence-corrected chi connectivity index (χ4v) is 3.56. The van der Waals surface area contributed by atoms with Crippen molar-refractivity contribution in [3.63, 3.8) is 0 Å². The molecule has 0 aromatic rings. The Bertz CT molecular complexity index is 391. The van der Waals surface area contributed by atoms with Crippen LogP contribution in [0.15, 0.2) is 0 Å². The summed E-state index contributed by atoms with van der Waals surface area (Å²) in [6.07, 6.45) is 5.87. The molecule has 0 bridgehead atoms. The first-order valence-corrected chi connectivity index (χ1v) is 8.26. The van der Waals surface area contributed by atoms with Gasteiger partial charge < -0.3 is 10.0 Å². The maximum Gasteiger partial charge on any atom is 0.310 e. The SMILES string of the molecule is CCC1(C(=O)O)CCN(C(C)C(=O)N2CCCCCC2)C1. The van der Waals surface area contributed by atoms with Crippen LogP contribution in [0.5, 0.6) is 0 Å². The summed E-state index contributed by atoms with van der Waals surface area (Å²) in [4.78, 5) is 28.2. The van der Waals surface area contributed by atoms with E-state index >= 15 is 0 Å². The second kappa shape index (κ2) is 6.77. The van der Waals surface area contributed by atoms with Gasteiger partial charge in [-0.3, -0.25) is 14.5 Å². The van der Waals surface area contributed by atoms with E-state index in [4.69, 9.17) is 0 Å². The van der Waals surface area contributed by atoms with E-state index in [1.807, 2.05) is 18.7 Å². The molecular weight excluding hydrogens is 268 g/mol. The molecule has 5 heteroatoms. The lowest BCUT2D eigenvalue weighted by molar-refractivity contribution is -0.149. The highest BCUT2D eigenvalue weighted by atomic mass is 16.4. The minimum absolute atomic E-state index is 0.175. The first-order valence-electron chi connectivity index (χ1n) is 8.26. The number of aliphatic carboxylic acids is 1. The summed E-state index contributed by atoms with van der Waals surface area (Å²) in [6.45, 7) is 6.78. The fourth-order valence-electron chi connectivity index (χ4n) is 3.56. The second-order valence-electron chi connectivity index (χ2n) is 6.57. The monoisotopic (exact) mass is 296 g/mol. The molecular formula is C16H28N2O3. The Morgan fingerprint density at radius 2 is 1.76 bits per heavy atom. The Morgan fingerprint density at radius 1 is 1.14 bits per heavy atom. The molecule has 2 aliphatic rings. The van der Waals surface area contributed by atoms with E-state index in [2.05, 4.69) is 4.90 Å². The van der Waals surface area contributed by atoms with Gasteiger partial charge in [0.2, 0.25) is 5.91 Å². The van der Waals surface area contributed by atoms with Gasteiger partial charge in [0.05, 0.1) is 11.5 Å². The molecule has 2 fully saturated rings. The van der Waals surface area contributed by atoms with Crippen LogP contribution in [0.4, 0.5) is 0 Å². The molecule has 2 rings (SSSR count). The Labute approximate surface area is 127 Å². The summed E-state index contributed by atoms with van der Waals surface area (Å²) in [7, 11) is 0. The van der Waals surface area contributed by atoms with Gasteiger partial charge in [-0.15, -0.1) is 0 Å². The number of carboxylic acid groups (broad SMARTS) is 1.